The van der Waals surface area contributed by atoms with E-state index in [1.807, 2.05) is 0 Å². The summed E-state index contributed by atoms with van der Waals surface area (Å²) in [6, 6.07) is 0. The zero-order valence-electron chi connectivity index (χ0n) is 2.88. The van der Waals surface area contributed by atoms with Gasteiger partial charge >= 0.3 is 0 Å². The van der Waals surface area contributed by atoms with E-state index in [2.05, 4.69) is 5.16 Å². The second-order valence-corrected chi connectivity index (χ2v) is 0.609. The largest absolute Gasteiger partial charge is 0.411 e. The van der Waals surface area contributed by atoms with E-state index in [-0.39, 0.29) is 0 Å². The van der Waals surface area contributed by atoms with E-state index in [1.165, 1.54) is 0 Å². The molecule has 33 valence electrons. The van der Waals surface area contributed by atoms with Crippen molar-refractivity contribution in [2.45, 2.75) is 0 Å². The molecule has 0 aromatic rings. The summed E-state index contributed by atoms with van der Waals surface area (Å²) < 4.78 is 0. The van der Waals surface area contributed by atoms with Crippen LogP contribution in [-0.2, 0) is 4.79 Å². The third-order valence-electron chi connectivity index (χ3n) is 0.175. The molecule has 0 saturated heterocycles. The van der Waals surface area contributed by atoms with E-state index < -0.39 is 5.91 Å². The Morgan fingerprint density at radius 3 is 2.50 bits per heavy atom. The van der Waals surface area contributed by atoms with Crippen LogP contribution in [0.1, 0.15) is 0 Å². The Labute approximate surface area is 34.2 Å². The normalized spacial score (nSPS) is 9.33. The first-order valence-corrected chi connectivity index (χ1v) is 1.20. The van der Waals surface area contributed by atoms with Gasteiger partial charge in [0, 0.05) is 0 Å². The molecule has 6 heavy (non-hydrogen) atoms. The summed E-state index contributed by atoms with van der Waals surface area (Å²) in [5.41, 5.74) is 6.03. The summed E-state index contributed by atoms with van der Waals surface area (Å²) in [4.78, 5) is 9.40. The van der Waals surface area contributed by atoms with Crippen molar-refractivity contribution >= 4 is 12.1 Å². The Bertz CT molecular complexity index is 77.6. The third-order valence-corrected chi connectivity index (χ3v) is 0.175. The Morgan fingerprint density at radius 1 is 2.00 bits per heavy atom. The topological polar surface area (TPSA) is 73.5 Å². The summed E-state index contributed by atoms with van der Waals surface area (Å²) in [7, 11) is 0. The molecule has 4 nitrogen and oxygen atoms in total. The first-order valence-electron chi connectivity index (χ1n) is 1.20. The molecule has 0 unspecified atom stereocenters. The van der Waals surface area contributed by atoms with Crippen molar-refractivity contribution in [2.24, 2.45) is 5.16 Å². The molecule has 1 radical (unpaired) electrons. The minimum Gasteiger partial charge on any atom is -0.411 e. The van der Waals surface area contributed by atoms with Gasteiger partial charge in [-0.15, -0.1) is 0 Å². The fraction of sp³-hybridized carbons (Fsp3) is 0. The van der Waals surface area contributed by atoms with Crippen LogP contribution in [0.3, 0.4) is 0 Å². The summed E-state index contributed by atoms with van der Waals surface area (Å²) >= 11 is 0. The Balaban J connectivity index is 3.30. The van der Waals surface area contributed by atoms with Crippen molar-refractivity contribution in [3.63, 3.8) is 0 Å². The molecule has 0 aromatic carbocycles. The molecular formula is C2H3N2O2. The fourth-order valence-electron chi connectivity index (χ4n) is 0.0524. The number of hydrogen-bond acceptors (Lipinski definition) is 3. The van der Waals surface area contributed by atoms with E-state index >= 15 is 0 Å². The molecule has 0 aliphatic rings. The molecule has 0 rings (SSSR count). The summed E-state index contributed by atoms with van der Waals surface area (Å²) in [6.07, 6.45) is 0.500. The molecule has 0 bridgehead atoms. The fourth-order valence-corrected chi connectivity index (χ4v) is 0.0524. The molecular weight excluding hydrogens is 84.0 g/mol. The standard InChI is InChI=1S/C2H3N2O2/c3-2(5)1-4-6/h1,3,6H/b4-1+. The van der Waals surface area contributed by atoms with Crippen LogP contribution >= 0.6 is 0 Å². The lowest BCUT2D eigenvalue weighted by atomic mass is 10.7. The Kier molecular flexibility index (Phi) is 1.81. The molecule has 4 heteroatoms. The summed E-state index contributed by atoms with van der Waals surface area (Å²) in [5, 5.41) is 9.74. The van der Waals surface area contributed by atoms with Gasteiger partial charge in [-0.3, -0.25) is 10.5 Å². The molecule has 0 aromatic heterocycles. The van der Waals surface area contributed by atoms with E-state index in [0.717, 1.165) is 0 Å². The van der Waals surface area contributed by atoms with E-state index in [1.54, 1.807) is 0 Å². The van der Waals surface area contributed by atoms with Gasteiger partial charge in [-0.25, -0.2) is 0 Å². The molecule has 0 aliphatic heterocycles. The van der Waals surface area contributed by atoms with Crippen LogP contribution in [0.5, 0.6) is 0 Å². The highest BCUT2D eigenvalue weighted by Gasteiger charge is 1.79. The van der Waals surface area contributed by atoms with Gasteiger partial charge in [-0.2, -0.15) is 0 Å². The second-order valence-electron chi connectivity index (χ2n) is 0.609. The van der Waals surface area contributed by atoms with Gasteiger partial charge in [0.2, 0.25) is 0 Å². The van der Waals surface area contributed by atoms with Gasteiger partial charge in [0.15, 0.2) is 0 Å². The van der Waals surface area contributed by atoms with Gasteiger partial charge in [-0.1, -0.05) is 5.16 Å². The maximum atomic E-state index is 9.40. The summed E-state index contributed by atoms with van der Waals surface area (Å²) in [5.74, 6) is -1.00. The van der Waals surface area contributed by atoms with Crippen LogP contribution in [0, 0.1) is 0 Å². The maximum Gasteiger partial charge on any atom is 0.284 e. The van der Waals surface area contributed by atoms with Crippen LogP contribution in [0.25, 0.3) is 0 Å². The second kappa shape index (κ2) is 2.19. The van der Waals surface area contributed by atoms with Gasteiger partial charge in [0.1, 0.15) is 6.21 Å². The predicted molar refractivity (Wildman–Crippen MR) is 18.4 cm³/mol. The average molecular weight is 87.1 g/mol. The van der Waals surface area contributed by atoms with Crippen molar-refractivity contribution in [2.75, 3.05) is 0 Å². The smallest absolute Gasteiger partial charge is 0.284 e. The van der Waals surface area contributed by atoms with Gasteiger partial charge < -0.3 is 5.21 Å². The zero-order valence-corrected chi connectivity index (χ0v) is 2.88. The minimum absolute atomic E-state index is 0.500. The quantitative estimate of drug-likeness (QED) is 0.260. The summed E-state index contributed by atoms with van der Waals surface area (Å²) in [6.45, 7) is 0. The SMILES string of the molecule is [NH]C(=O)/C=N/O. The zero-order chi connectivity index (χ0) is 4.99. The first kappa shape index (κ1) is 4.94. The first-order chi connectivity index (χ1) is 2.77. The van der Waals surface area contributed by atoms with Crippen LogP contribution in [0.4, 0.5) is 0 Å². The molecule has 0 fully saturated rings. The van der Waals surface area contributed by atoms with Crippen LogP contribution < -0.4 is 5.73 Å². The third kappa shape index (κ3) is 2.94. The Morgan fingerprint density at radius 2 is 2.50 bits per heavy atom. The van der Waals surface area contributed by atoms with Crippen LogP contribution in [0.15, 0.2) is 5.16 Å². The lowest BCUT2D eigenvalue weighted by Gasteiger charge is -1.66. The van der Waals surface area contributed by atoms with Gasteiger partial charge in [0.25, 0.3) is 5.91 Å². The lowest BCUT2D eigenvalue weighted by Crippen LogP contribution is -1.96. The number of carbonyl (C=O) groups excluding carboxylic acids is 1. The number of nitrogens with zero attached hydrogens (tertiary/aromatic N) is 1. The molecule has 0 atom stereocenters. The maximum absolute atomic E-state index is 9.40. The number of oxime groups is 1. The molecule has 1 amide bonds. The van der Waals surface area contributed by atoms with E-state index in [4.69, 9.17) is 10.9 Å². The molecule has 0 heterocycles. The van der Waals surface area contributed by atoms with Crippen molar-refractivity contribution < 1.29 is 10.0 Å². The molecule has 2 N–H and O–H groups in total. The monoisotopic (exact) mass is 87.0 g/mol. The van der Waals surface area contributed by atoms with E-state index in [9.17, 15) is 4.79 Å². The number of carbonyl (C=O) groups is 1. The number of nitrogens with one attached hydrogen (secondary N) is 1. The number of amides is 1. The van der Waals surface area contributed by atoms with Crippen molar-refractivity contribution in [3.05, 3.63) is 0 Å². The molecule has 0 saturated carbocycles. The van der Waals surface area contributed by atoms with Gasteiger partial charge in [-0.05, 0) is 0 Å². The highest BCUT2D eigenvalue weighted by atomic mass is 16.4. The number of rotatable bonds is 1. The Hall–Kier alpha value is -1.06. The van der Waals surface area contributed by atoms with Crippen LogP contribution in [0.2, 0.25) is 0 Å². The minimum atomic E-state index is -1.00. The number of hydrogen-bond donors (Lipinski definition) is 1. The lowest BCUT2D eigenvalue weighted by molar-refractivity contribution is -0.112. The molecule has 0 spiro atoms. The average Bonchev–Trinajstić information content (AvgIpc) is 1.35. The van der Waals surface area contributed by atoms with Gasteiger partial charge in [0.05, 0.1) is 0 Å². The predicted octanol–water partition coefficient (Wildman–Crippen LogP) is -0.744. The highest BCUT2D eigenvalue weighted by molar-refractivity contribution is 6.24. The van der Waals surface area contributed by atoms with Crippen molar-refractivity contribution in [3.8, 4) is 0 Å². The van der Waals surface area contributed by atoms with Crippen molar-refractivity contribution in [1.29, 1.82) is 0 Å². The van der Waals surface area contributed by atoms with E-state index in [0.29, 0.717) is 6.21 Å². The highest BCUT2D eigenvalue weighted by Crippen LogP contribution is 1.48. The van der Waals surface area contributed by atoms with Crippen molar-refractivity contribution in [1.82, 2.24) is 5.73 Å². The molecule has 0 aliphatic carbocycles. The van der Waals surface area contributed by atoms with Crippen LogP contribution in [-0.4, -0.2) is 17.3 Å².